The van der Waals surface area contributed by atoms with Gasteiger partial charge in [0.05, 0.1) is 18.8 Å². The van der Waals surface area contributed by atoms with Crippen LogP contribution < -0.4 is 4.74 Å². The molecule has 142 valence electrons. The van der Waals surface area contributed by atoms with E-state index in [1.165, 1.54) is 0 Å². The number of esters is 1. The molecule has 0 spiro atoms. The summed E-state index contributed by atoms with van der Waals surface area (Å²) in [7, 11) is 0. The highest BCUT2D eigenvalue weighted by Crippen LogP contribution is 2.34. The van der Waals surface area contributed by atoms with Gasteiger partial charge >= 0.3 is 5.97 Å². The van der Waals surface area contributed by atoms with Gasteiger partial charge in [-0.05, 0) is 36.8 Å². The van der Waals surface area contributed by atoms with Crippen molar-refractivity contribution in [2.24, 2.45) is 0 Å². The Balaban J connectivity index is 0.00000312. The molecule has 1 aromatic carbocycles. The second-order valence-electron chi connectivity index (χ2n) is 7.50. The van der Waals surface area contributed by atoms with Crippen molar-refractivity contribution in [2.75, 3.05) is 19.6 Å². The lowest BCUT2D eigenvalue weighted by Crippen LogP contribution is -2.47. The molecule has 0 saturated carbocycles. The lowest BCUT2D eigenvalue weighted by Gasteiger charge is -2.34. The number of hydrogen-bond donors (Lipinski definition) is 0. The Labute approximate surface area is 158 Å². The summed E-state index contributed by atoms with van der Waals surface area (Å²) in [4.78, 5) is 14.7. The number of rotatable bonds is 5. The summed E-state index contributed by atoms with van der Waals surface area (Å²) < 4.78 is 11.6. The van der Waals surface area contributed by atoms with Gasteiger partial charge in [0.1, 0.15) is 5.75 Å². The zero-order chi connectivity index (χ0) is 17.9. The lowest BCUT2D eigenvalue weighted by molar-refractivity contribution is -0.139. The second kappa shape index (κ2) is 9.56. The van der Waals surface area contributed by atoms with Crippen molar-refractivity contribution in [3.63, 3.8) is 0 Å². The molecular weight excluding hydrogens is 338 g/mol. The van der Waals surface area contributed by atoms with E-state index in [1.807, 2.05) is 19.9 Å². The summed E-state index contributed by atoms with van der Waals surface area (Å²) in [6.45, 7) is 14.4. The number of benzene rings is 1. The van der Waals surface area contributed by atoms with Gasteiger partial charge in [-0.3, -0.25) is 9.69 Å². The SMILES string of the molecule is CC1CN(CC(=O)Oc2c(C(C)C)cccc2C(C)C)CC(C)O1.Cl. The van der Waals surface area contributed by atoms with E-state index in [4.69, 9.17) is 9.47 Å². The Morgan fingerprint density at radius 3 is 2.04 bits per heavy atom. The van der Waals surface area contributed by atoms with Gasteiger partial charge in [-0.1, -0.05) is 45.9 Å². The van der Waals surface area contributed by atoms with Gasteiger partial charge < -0.3 is 9.47 Å². The molecule has 0 aromatic heterocycles. The van der Waals surface area contributed by atoms with Crippen molar-refractivity contribution in [3.8, 4) is 5.75 Å². The fourth-order valence-electron chi connectivity index (χ4n) is 3.34. The molecule has 0 bridgehead atoms. The molecule has 1 aromatic rings. The van der Waals surface area contributed by atoms with E-state index < -0.39 is 0 Å². The number of halogens is 1. The highest BCUT2D eigenvalue weighted by molar-refractivity contribution is 5.85. The van der Waals surface area contributed by atoms with Crippen LogP contribution in [0.25, 0.3) is 0 Å². The van der Waals surface area contributed by atoms with Crippen molar-refractivity contribution >= 4 is 18.4 Å². The monoisotopic (exact) mass is 369 g/mol. The molecule has 2 atom stereocenters. The fourth-order valence-corrected chi connectivity index (χ4v) is 3.34. The largest absolute Gasteiger partial charge is 0.425 e. The van der Waals surface area contributed by atoms with Crippen molar-refractivity contribution in [1.82, 2.24) is 4.90 Å². The average molecular weight is 370 g/mol. The summed E-state index contributed by atoms with van der Waals surface area (Å²) in [5, 5.41) is 0. The molecule has 0 radical (unpaired) electrons. The van der Waals surface area contributed by atoms with Crippen LogP contribution in [-0.4, -0.2) is 42.7 Å². The van der Waals surface area contributed by atoms with Crippen LogP contribution in [0, 0.1) is 0 Å². The molecule has 0 N–H and O–H groups in total. The van der Waals surface area contributed by atoms with Gasteiger partial charge in [0, 0.05) is 13.1 Å². The molecule has 4 nitrogen and oxygen atoms in total. The number of morpholine rings is 1. The average Bonchev–Trinajstić information content (AvgIpc) is 2.45. The molecule has 1 aliphatic rings. The van der Waals surface area contributed by atoms with Gasteiger partial charge in [0.25, 0.3) is 0 Å². The molecular formula is C20H32ClNO3. The molecule has 0 aliphatic carbocycles. The Kier molecular flexibility index (Phi) is 8.39. The molecule has 2 unspecified atom stereocenters. The molecule has 1 fully saturated rings. The summed E-state index contributed by atoms with van der Waals surface area (Å²) in [6.07, 6.45) is 0.298. The third-order valence-electron chi connectivity index (χ3n) is 4.38. The second-order valence-corrected chi connectivity index (χ2v) is 7.50. The Bertz CT molecular complexity index is 538. The Morgan fingerprint density at radius 2 is 1.60 bits per heavy atom. The first-order chi connectivity index (χ1) is 11.3. The first kappa shape index (κ1) is 21.9. The third kappa shape index (κ3) is 5.98. The van der Waals surface area contributed by atoms with Crippen molar-refractivity contribution < 1.29 is 14.3 Å². The van der Waals surface area contributed by atoms with Crippen LogP contribution in [-0.2, 0) is 9.53 Å². The first-order valence-electron chi connectivity index (χ1n) is 8.99. The zero-order valence-corrected chi connectivity index (χ0v) is 17.1. The lowest BCUT2D eigenvalue weighted by atomic mass is 9.94. The molecule has 2 rings (SSSR count). The normalized spacial score (nSPS) is 21.3. The van der Waals surface area contributed by atoms with E-state index >= 15 is 0 Å². The van der Waals surface area contributed by atoms with Gasteiger partial charge in [-0.15, -0.1) is 12.4 Å². The third-order valence-corrected chi connectivity index (χ3v) is 4.38. The molecule has 25 heavy (non-hydrogen) atoms. The quantitative estimate of drug-likeness (QED) is 0.570. The van der Waals surface area contributed by atoms with Crippen molar-refractivity contribution in [2.45, 2.75) is 65.6 Å². The van der Waals surface area contributed by atoms with Crippen molar-refractivity contribution in [1.29, 1.82) is 0 Å². The molecule has 1 aliphatic heterocycles. The van der Waals surface area contributed by atoms with Crippen LogP contribution in [0.1, 0.15) is 64.5 Å². The predicted molar refractivity (Wildman–Crippen MR) is 104 cm³/mol. The zero-order valence-electron chi connectivity index (χ0n) is 16.2. The van der Waals surface area contributed by atoms with Gasteiger partial charge in [-0.2, -0.15) is 0 Å². The minimum Gasteiger partial charge on any atom is -0.425 e. The molecule has 1 heterocycles. The summed E-state index contributed by atoms with van der Waals surface area (Å²) >= 11 is 0. The molecule has 0 amide bonds. The topological polar surface area (TPSA) is 38.8 Å². The van der Waals surface area contributed by atoms with E-state index in [-0.39, 0.29) is 30.6 Å². The van der Waals surface area contributed by atoms with Crippen LogP contribution in [0.4, 0.5) is 0 Å². The smallest absolute Gasteiger partial charge is 0.325 e. The Hall–Kier alpha value is -1.10. The highest BCUT2D eigenvalue weighted by Gasteiger charge is 2.25. The highest BCUT2D eigenvalue weighted by atomic mass is 35.5. The maximum Gasteiger partial charge on any atom is 0.325 e. The number of carbonyl (C=O) groups is 1. The van der Waals surface area contributed by atoms with Gasteiger partial charge in [0.15, 0.2) is 0 Å². The van der Waals surface area contributed by atoms with E-state index in [0.717, 1.165) is 30.0 Å². The summed E-state index contributed by atoms with van der Waals surface area (Å²) in [5.74, 6) is 1.19. The maximum absolute atomic E-state index is 12.5. The Morgan fingerprint density at radius 1 is 1.12 bits per heavy atom. The van der Waals surface area contributed by atoms with Crippen LogP contribution in [0.5, 0.6) is 5.75 Å². The number of hydrogen-bond acceptors (Lipinski definition) is 4. The van der Waals surface area contributed by atoms with Gasteiger partial charge in [0.2, 0.25) is 0 Å². The summed E-state index contributed by atoms with van der Waals surface area (Å²) in [6, 6.07) is 6.16. The number of para-hydroxylation sites is 1. The summed E-state index contributed by atoms with van der Waals surface area (Å²) in [5.41, 5.74) is 2.19. The van der Waals surface area contributed by atoms with Crippen molar-refractivity contribution in [3.05, 3.63) is 29.3 Å². The van der Waals surface area contributed by atoms with Crippen LogP contribution >= 0.6 is 12.4 Å². The van der Waals surface area contributed by atoms with Gasteiger partial charge in [-0.25, -0.2) is 0 Å². The first-order valence-corrected chi connectivity index (χ1v) is 8.99. The minimum atomic E-state index is -0.189. The minimum absolute atomic E-state index is 0. The van der Waals surface area contributed by atoms with E-state index in [2.05, 4.69) is 44.7 Å². The van der Waals surface area contributed by atoms with E-state index in [1.54, 1.807) is 0 Å². The van der Waals surface area contributed by atoms with Crippen LogP contribution in [0.15, 0.2) is 18.2 Å². The van der Waals surface area contributed by atoms with Crippen LogP contribution in [0.2, 0.25) is 0 Å². The maximum atomic E-state index is 12.5. The number of ether oxygens (including phenoxy) is 2. The number of nitrogens with zero attached hydrogens (tertiary/aromatic N) is 1. The fraction of sp³-hybridized carbons (Fsp3) is 0.650. The molecule has 1 saturated heterocycles. The molecule has 5 heteroatoms. The predicted octanol–water partition coefficient (Wildman–Crippen LogP) is 4.37. The standard InChI is InChI=1S/C20H31NO3.ClH/c1-13(2)17-8-7-9-18(14(3)4)20(17)24-19(22)12-21-10-15(5)23-16(6)11-21;/h7-9,13-16H,10-12H2,1-6H3;1H. The van der Waals surface area contributed by atoms with E-state index in [9.17, 15) is 4.79 Å². The number of carbonyl (C=O) groups excluding carboxylic acids is 1. The van der Waals surface area contributed by atoms with E-state index in [0.29, 0.717) is 18.4 Å². The van der Waals surface area contributed by atoms with Crippen LogP contribution in [0.3, 0.4) is 0 Å².